The van der Waals surface area contributed by atoms with Crippen molar-refractivity contribution in [1.82, 2.24) is 10.6 Å². The van der Waals surface area contributed by atoms with Crippen molar-refractivity contribution < 1.29 is 14.3 Å². The summed E-state index contributed by atoms with van der Waals surface area (Å²) in [6, 6.07) is 5.54. The molecule has 0 saturated carbocycles. The molecule has 1 rings (SSSR count). The van der Waals surface area contributed by atoms with E-state index in [2.05, 4.69) is 10.6 Å². The van der Waals surface area contributed by atoms with Gasteiger partial charge in [0.2, 0.25) is 0 Å². The normalized spacial score (nSPS) is 11.8. The lowest BCUT2D eigenvalue weighted by atomic mass is 10.2. The molecule has 0 bridgehead atoms. The Morgan fingerprint density at radius 1 is 1.42 bits per heavy atom. The fourth-order valence-corrected chi connectivity index (χ4v) is 1.69. The number of hydrogen-bond acceptors (Lipinski definition) is 4. The van der Waals surface area contributed by atoms with Gasteiger partial charge in [0, 0.05) is 18.7 Å². The maximum Gasteiger partial charge on any atom is 0.260 e. The van der Waals surface area contributed by atoms with Crippen molar-refractivity contribution in [2.45, 2.75) is 26.5 Å². The fourth-order valence-electron chi connectivity index (χ4n) is 1.69. The molecule has 0 radical (unpaired) electrons. The summed E-state index contributed by atoms with van der Waals surface area (Å²) < 4.78 is 10.9. The Bertz CT molecular complexity index is 421. The summed E-state index contributed by atoms with van der Waals surface area (Å²) >= 11 is 0. The zero-order valence-electron chi connectivity index (χ0n) is 11.9. The molecule has 0 spiro atoms. The van der Waals surface area contributed by atoms with Gasteiger partial charge in [0.25, 0.3) is 5.91 Å². The van der Waals surface area contributed by atoms with Gasteiger partial charge in [-0.25, -0.2) is 0 Å². The van der Waals surface area contributed by atoms with Crippen LogP contribution in [0.5, 0.6) is 11.5 Å². The Kier molecular flexibility index (Phi) is 6.15. The zero-order chi connectivity index (χ0) is 14.3. The second kappa shape index (κ2) is 7.63. The van der Waals surface area contributed by atoms with E-state index in [9.17, 15) is 4.79 Å². The quantitative estimate of drug-likeness (QED) is 0.781. The molecule has 1 aromatic carbocycles. The molecule has 1 aromatic rings. The van der Waals surface area contributed by atoms with Gasteiger partial charge < -0.3 is 20.1 Å². The number of carbonyl (C=O) groups excluding carboxylic acids is 1. The minimum absolute atomic E-state index is 0.117. The van der Waals surface area contributed by atoms with Crippen molar-refractivity contribution in [2.24, 2.45) is 0 Å². The molecule has 5 nitrogen and oxygen atoms in total. The first kappa shape index (κ1) is 15.3. The van der Waals surface area contributed by atoms with Crippen molar-refractivity contribution >= 4 is 5.91 Å². The molecule has 1 amide bonds. The first-order valence-electron chi connectivity index (χ1n) is 6.38. The molecule has 0 aliphatic carbocycles. The van der Waals surface area contributed by atoms with Crippen LogP contribution < -0.4 is 20.1 Å². The molecule has 106 valence electrons. The second-order valence-electron chi connectivity index (χ2n) is 4.16. The van der Waals surface area contributed by atoms with Crippen molar-refractivity contribution in [1.29, 1.82) is 0 Å². The van der Waals surface area contributed by atoms with Gasteiger partial charge >= 0.3 is 0 Å². The van der Waals surface area contributed by atoms with E-state index in [4.69, 9.17) is 9.47 Å². The minimum atomic E-state index is -0.524. The maximum absolute atomic E-state index is 11.7. The summed E-state index contributed by atoms with van der Waals surface area (Å²) in [6.45, 7) is 4.86. The summed E-state index contributed by atoms with van der Waals surface area (Å²) in [7, 11) is 3.48. The SMILES string of the molecule is CCNC(=O)C(C)Oc1ccc(OC)cc1CNC. The molecule has 2 N–H and O–H groups in total. The predicted molar refractivity (Wildman–Crippen MR) is 74.5 cm³/mol. The third kappa shape index (κ3) is 4.44. The van der Waals surface area contributed by atoms with E-state index in [0.29, 0.717) is 18.8 Å². The van der Waals surface area contributed by atoms with Gasteiger partial charge in [0.15, 0.2) is 6.10 Å². The van der Waals surface area contributed by atoms with Crippen LogP contribution in [0.1, 0.15) is 19.4 Å². The highest BCUT2D eigenvalue weighted by Gasteiger charge is 2.15. The van der Waals surface area contributed by atoms with E-state index in [1.54, 1.807) is 14.0 Å². The van der Waals surface area contributed by atoms with Crippen LogP contribution in [-0.4, -0.2) is 32.7 Å². The number of ether oxygens (including phenoxy) is 2. The van der Waals surface area contributed by atoms with Gasteiger partial charge in [0.1, 0.15) is 11.5 Å². The number of likely N-dealkylation sites (N-methyl/N-ethyl adjacent to an activating group) is 1. The van der Waals surface area contributed by atoms with E-state index in [1.807, 2.05) is 32.2 Å². The third-order valence-electron chi connectivity index (χ3n) is 2.66. The highest BCUT2D eigenvalue weighted by Crippen LogP contribution is 2.25. The summed E-state index contributed by atoms with van der Waals surface area (Å²) in [4.78, 5) is 11.7. The van der Waals surface area contributed by atoms with Gasteiger partial charge in [-0.1, -0.05) is 0 Å². The van der Waals surface area contributed by atoms with Crippen LogP contribution in [0.2, 0.25) is 0 Å². The van der Waals surface area contributed by atoms with E-state index < -0.39 is 6.10 Å². The van der Waals surface area contributed by atoms with Gasteiger partial charge in [-0.15, -0.1) is 0 Å². The van der Waals surface area contributed by atoms with Gasteiger partial charge in [-0.2, -0.15) is 0 Å². The highest BCUT2D eigenvalue weighted by atomic mass is 16.5. The average Bonchev–Trinajstić information content (AvgIpc) is 2.41. The molecule has 5 heteroatoms. The fraction of sp³-hybridized carbons (Fsp3) is 0.500. The lowest BCUT2D eigenvalue weighted by Crippen LogP contribution is -2.36. The van der Waals surface area contributed by atoms with Crippen LogP contribution >= 0.6 is 0 Å². The van der Waals surface area contributed by atoms with Crippen LogP contribution in [0.25, 0.3) is 0 Å². The monoisotopic (exact) mass is 266 g/mol. The number of carbonyl (C=O) groups is 1. The van der Waals surface area contributed by atoms with Crippen LogP contribution in [0.3, 0.4) is 0 Å². The molecule has 0 aliphatic heterocycles. The largest absolute Gasteiger partial charge is 0.497 e. The topological polar surface area (TPSA) is 59.6 Å². The summed E-state index contributed by atoms with van der Waals surface area (Å²) in [5.41, 5.74) is 0.956. The second-order valence-corrected chi connectivity index (χ2v) is 4.16. The number of nitrogens with one attached hydrogen (secondary N) is 2. The molecule has 1 atom stereocenters. The van der Waals surface area contributed by atoms with Crippen LogP contribution in [-0.2, 0) is 11.3 Å². The maximum atomic E-state index is 11.7. The smallest absolute Gasteiger partial charge is 0.260 e. The van der Waals surface area contributed by atoms with Gasteiger partial charge in [-0.05, 0) is 39.1 Å². The standard InChI is InChI=1S/C14H22N2O3/c1-5-16-14(17)10(2)19-13-7-6-12(18-4)8-11(13)9-15-3/h6-8,10,15H,5,9H2,1-4H3,(H,16,17). The summed E-state index contributed by atoms with van der Waals surface area (Å²) in [5.74, 6) is 1.34. The first-order chi connectivity index (χ1) is 9.12. The van der Waals surface area contributed by atoms with E-state index in [0.717, 1.165) is 11.3 Å². The molecule has 0 saturated heterocycles. The molecule has 1 unspecified atom stereocenters. The van der Waals surface area contributed by atoms with Crippen LogP contribution in [0, 0.1) is 0 Å². The lowest BCUT2D eigenvalue weighted by Gasteiger charge is -2.17. The Balaban J connectivity index is 2.84. The highest BCUT2D eigenvalue weighted by molar-refractivity contribution is 5.80. The van der Waals surface area contributed by atoms with E-state index in [-0.39, 0.29) is 5.91 Å². The van der Waals surface area contributed by atoms with E-state index >= 15 is 0 Å². The van der Waals surface area contributed by atoms with Gasteiger partial charge in [0.05, 0.1) is 7.11 Å². The van der Waals surface area contributed by atoms with Gasteiger partial charge in [-0.3, -0.25) is 4.79 Å². The molecule has 0 aliphatic rings. The molecular weight excluding hydrogens is 244 g/mol. The number of benzene rings is 1. The molecule has 19 heavy (non-hydrogen) atoms. The Morgan fingerprint density at radius 3 is 2.74 bits per heavy atom. The number of methoxy groups -OCH3 is 1. The van der Waals surface area contributed by atoms with E-state index in [1.165, 1.54) is 0 Å². The van der Waals surface area contributed by atoms with Crippen LogP contribution in [0.4, 0.5) is 0 Å². The van der Waals surface area contributed by atoms with Crippen molar-refractivity contribution in [3.8, 4) is 11.5 Å². The zero-order valence-corrected chi connectivity index (χ0v) is 11.9. The lowest BCUT2D eigenvalue weighted by molar-refractivity contribution is -0.127. The molecule has 0 fully saturated rings. The molecule has 0 heterocycles. The van der Waals surface area contributed by atoms with Crippen molar-refractivity contribution in [3.63, 3.8) is 0 Å². The first-order valence-corrected chi connectivity index (χ1v) is 6.38. The van der Waals surface area contributed by atoms with Crippen molar-refractivity contribution in [2.75, 3.05) is 20.7 Å². The minimum Gasteiger partial charge on any atom is -0.497 e. The Labute approximate surface area is 114 Å². The average molecular weight is 266 g/mol. The summed E-state index contributed by atoms with van der Waals surface area (Å²) in [6.07, 6.45) is -0.524. The number of rotatable bonds is 7. The number of hydrogen-bond donors (Lipinski definition) is 2. The summed E-state index contributed by atoms with van der Waals surface area (Å²) in [5, 5.41) is 5.80. The Morgan fingerprint density at radius 2 is 2.16 bits per heavy atom. The predicted octanol–water partition coefficient (Wildman–Crippen LogP) is 1.32. The Hall–Kier alpha value is -1.75. The molecular formula is C14H22N2O3. The molecule has 0 aromatic heterocycles. The third-order valence-corrected chi connectivity index (χ3v) is 2.66. The number of amides is 1. The van der Waals surface area contributed by atoms with Crippen LogP contribution in [0.15, 0.2) is 18.2 Å². The van der Waals surface area contributed by atoms with Crippen molar-refractivity contribution in [3.05, 3.63) is 23.8 Å².